The summed E-state index contributed by atoms with van der Waals surface area (Å²) < 4.78 is 0. The van der Waals surface area contributed by atoms with E-state index in [1.165, 1.54) is 6.42 Å². The van der Waals surface area contributed by atoms with Crippen LogP contribution in [0.4, 0.5) is 0 Å². The Morgan fingerprint density at radius 2 is 0.720 bits per heavy atom. The summed E-state index contributed by atoms with van der Waals surface area (Å²) in [5.74, 6) is 0. The molecule has 0 aliphatic carbocycles. The van der Waals surface area contributed by atoms with Crippen LogP contribution in [0.3, 0.4) is 0 Å². The van der Waals surface area contributed by atoms with Crippen molar-refractivity contribution in [3.8, 4) is 0 Å². The molecular weight excluding hydrogens is 308 g/mol. The molecule has 0 atom stereocenters. The van der Waals surface area contributed by atoms with Gasteiger partial charge < -0.3 is 0 Å². The number of hydrogen-bond acceptors (Lipinski definition) is 4. The molecule has 2 heterocycles. The van der Waals surface area contributed by atoms with Gasteiger partial charge in [-0.2, -0.15) is 0 Å². The second-order valence-electron chi connectivity index (χ2n) is 4.80. The Labute approximate surface area is 150 Å². The van der Waals surface area contributed by atoms with E-state index in [1.54, 1.807) is 24.8 Å². The van der Waals surface area contributed by atoms with E-state index >= 15 is 0 Å². The van der Waals surface area contributed by atoms with Gasteiger partial charge in [-0.1, -0.05) is 58.4 Å². The number of benzene rings is 2. The van der Waals surface area contributed by atoms with Gasteiger partial charge >= 0.3 is 0 Å². The lowest BCUT2D eigenvalue weighted by Crippen LogP contribution is -1.78. The van der Waals surface area contributed by atoms with Crippen LogP contribution in [-0.2, 0) is 0 Å². The molecule has 2 aromatic heterocycles. The van der Waals surface area contributed by atoms with E-state index < -0.39 is 0 Å². The van der Waals surface area contributed by atoms with Gasteiger partial charge in [0.25, 0.3) is 0 Å². The number of para-hydroxylation sites is 4. The third kappa shape index (κ3) is 7.04. The normalized spacial score (nSPS) is 8.96. The van der Waals surface area contributed by atoms with Gasteiger partial charge in [0.15, 0.2) is 0 Å². The van der Waals surface area contributed by atoms with Crippen LogP contribution in [0, 0.1) is 0 Å². The van der Waals surface area contributed by atoms with Crippen molar-refractivity contribution in [3.05, 3.63) is 73.3 Å². The van der Waals surface area contributed by atoms with Crippen molar-refractivity contribution in [2.24, 2.45) is 0 Å². The highest BCUT2D eigenvalue weighted by Gasteiger charge is 1.89. The molecule has 0 amide bonds. The number of nitrogens with zero attached hydrogens (tertiary/aromatic N) is 4. The maximum atomic E-state index is 4.12. The third-order valence-electron chi connectivity index (χ3n) is 2.75. The van der Waals surface area contributed by atoms with Gasteiger partial charge in [0.1, 0.15) is 0 Å². The Balaban J connectivity index is 0.000000200. The van der Waals surface area contributed by atoms with Gasteiger partial charge in [-0.05, 0) is 24.3 Å². The molecule has 130 valence electrons. The zero-order valence-electron chi connectivity index (χ0n) is 15.4. The van der Waals surface area contributed by atoms with Gasteiger partial charge in [-0.25, -0.2) is 0 Å². The number of hydrogen-bond donors (Lipinski definition) is 0. The quantitative estimate of drug-likeness (QED) is 0.414. The lowest BCUT2D eigenvalue weighted by molar-refractivity contribution is 1.09. The van der Waals surface area contributed by atoms with E-state index in [2.05, 4.69) is 33.8 Å². The minimum absolute atomic E-state index is 0.949. The minimum atomic E-state index is 0.949. The van der Waals surface area contributed by atoms with E-state index in [-0.39, 0.29) is 0 Å². The summed E-state index contributed by atoms with van der Waals surface area (Å²) >= 11 is 0. The molecule has 0 saturated heterocycles. The Kier molecular flexibility index (Phi) is 10.1. The van der Waals surface area contributed by atoms with Crippen molar-refractivity contribution in [1.82, 2.24) is 19.9 Å². The highest BCUT2D eigenvalue weighted by atomic mass is 14.8. The molecule has 0 fully saturated rings. The zero-order valence-corrected chi connectivity index (χ0v) is 15.4. The summed E-state index contributed by atoms with van der Waals surface area (Å²) in [5.41, 5.74) is 3.80. The van der Waals surface area contributed by atoms with Gasteiger partial charge in [-0.3, -0.25) is 19.9 Å². The van der Waals surface area contributed by atoms with E-state index in [9.17, 15) is 0 Å². The highest BCUT2D eigenvalue weighted by Crippen LogP contribution is 2.05. The van der Waals surface area contributed by atoms with Crippen LogP contribution >= 0.6 is 0 Å². The Morgan fingerprint density at radius 3 is 0.920 bits per heavy atom. The molecule has 0 aliphatic heterocycles. The number of fused-ring (bicyclic) bond motifs is 2. The first-order valence-corrected chi connectivity index (χ1v) is 8.66. The summed E-state index contributed by atoms with van der Waals surface area (Å²) in [5, 5.41) is 0. The average molecular weight is 334 g/mol. The molecular formula is C21H26N4. The van der Waals surface area contributed by atoms with E-state index in [4.69, 9.17) is 0 Å². The van der Waals surface area contributed by atoms with Gasteiger partial charge in [0.05, 0.1) is 22.1 Å². The minimum Gasteiger partial charge on any atom is -0.253 e. The smallest absolute Gasteiger partial charge is 0.0886 e. The van der Waals surface area contributed by atoms with Gasteiger partial charge in [0, 0.05) is 24.8 Å². The topological polar surface area (TPSA) is 51.6 Å². The first-order valence-electron chi connectivity index (χ1n) is 8.66. The predicted molar refractivity (Wildman–Crippen MR) is 106 cm³/mol. The molecule has 4 rings (SSSR count). The SMILES string of the molecule is CC.CCC.c1ccc2nccnc2c1.c1ccc2nccnc2c1. The predicted octanol–water partition coefficient (Wildman–Crippen LogP) is 5.70. The summed E-state index contributed by atoms with van der Waals surface area (Å²) in [7, 11) is 0. The fraction of sp³-hybridized carbons (Fsp3) is 0.238. The van der Waals surface area contributed by atoms with E-state index in [0.29, 0.717) is 0 Å². The lowest BCUT2D eigenvalue weighted by atomic mass is 10.3. The monoisotopic (exact) mass is 334 g/mol. The van der Waals surface area contributed by atoms with Gasteiger partial charge in [0.2, 0.25) is 0 Å². The first-order chi connectivity index (χ1) is 12.3. The van der Waals surface area contributed by atoms with Crippen LogP contribution in [0.1, 0.15) is 34.1 Å². The van der Waals surface area contributed by atoms with Crippen LogP contribution in [-0.4, -0.2) is 19.9 Å². The third-order valence-corrected chi connectivity index (χ3v) is 2.75. The fourth-order valence-electron chi connectivity index (χ4n) is 1.82. The molecule has 4 nitrogen and oxygen atoms in total. The summed E-state index contributed by atoms with van der Waals surface area (Å²) in [4.78, 5) is 16.5. The Morgan fingerprint density at radius 1 is 0.520 bits per heavy atom. The van der Waals surface area contributed by atoms with Crippen LogP contribution in [0.2, 0.25) is 0 Å². The second-order valence-corrected chi connectivity index (χ2v) is 4.80. The molecule has 0 bridgehead atoms. The molecule has 0 aliphatic rings. The van der Waals surface area contributed by atoms with Crippen molar-refractivity contribution in [2.75, 3.05) is 0 Å². The van der Waals surface area contributed by atoms with Crippen molar-refractivity contribution in [3.63, 3.8) is 0 Å². The van der Waals surface area contributed by atoms with Crippen LogP contribution < -0.4 is 0 Å². The largest absolute Gasteiger partial charge is 0.253 e. The van der Waals surface area contributed by atoms with Crippen molar-refractivity contribution in [1.29, 1.82) is 0 Å². The average Bonchev–Trinajstić information content (AvgIpc) is 2.71. The second kappa shape index (κ2) is 12.5. The summed E-state index contributed by atoms with van der Waals surface area (Å²) in [6, 6.07) is 15.6. The van der Waals surface area contributed by atoms with E-state index in [0.717, 1.165) is 22.1 Å². The molecule has 0 saturated carbocycles. The summed E-state index contributed by atoms with van der Waals surface area (Å²) in [6.45, 7) is 8.25. The Bertz CT molecular complexity index is 644. The molecule has 25 heavy (non-hydrogen) atoms. The molecule has 4 heteroatoms. The van der Waals surface area contributed by atoms with Crippen molar-refractivity contribution >= 4 is 22.1 Å². The standard InChI is InChI=1S/2C8H6N2.C3H8.C2H6/c2*1-2-4-8-7(3-1)9-5-6-10-8;1-3-2;1-2/h2*1-6H;3H2,1-2H3;1-2H3. The fourth-order valence-corrected chi connectivity index (χ4v) is 1.82. The first kappa shape index (κ1) is 20.2. The molecule has 4 aromatic rings. The number of rotatable bonds is 0. The Hall–Kier alpha value is -2.88. The van der Waals surface area contributed by atoms with Crippen molar-refractivity contribution in [2.45, 2.75) is 34.1 Å². The molecule has 0 unspecified atom stereocenters. The molecule has 0 N–H and O–H groups in total. The van der Waals surface area contributed by atoms with Crippen molar-refractivity contribution < 1.29 is 0 Å². The maximum Gasteiger partial charge on any atom is 0.0886 e. The molecule has 0 spiro atoms. The molecule has 2 aromatic carbocycles. The highest BCUT2D eigenvalue weighted by molar-refractivity contribution is 5.73. The van der Waals surface area contributed by atoms with Crippen LogP contribution in [0.25, 0.3) is 22.1 Å². The number of aromatic nitrogens is 4. The van der Waals surface area contributed by atoms with Gasteiger partial charge in [-0.15, -0.1) is 0 Å². The molecule has 0 radical (unpaired) electrons. The van der Waals surface area contributed by atoms with Crippen LogP contribution in [0.15, 0.2) is 73.3 Å². The van der Waals surface area contributed by atoms with E-state index in [1.807, 2.05) is 62.4 Å². The lowest BCUT2D eigenvalue weighted by Gasteiger charge is -1.90. The van der Waals surface area contributed by atoms with Crippen LogP contribution in [0.5, 0.6) is 0 Å². The summed E-state index contributed by atoms with van der Waals surface area (Å²) in [6.07, 6.45) is 8.04. The zero-order chi connectivity index (χ0) is 18.3. The maximum absolute atomic E-state index is 4.12.